The lowest BCUT2D eigenvalue weighted by molar-refractivity contribution is 0.369. The number of methoxy groups -OCH3 is 2. The molecule has 0 unspecified atom stereocenters. The lowest BCUT2D eigenvalue weighted by Crippen LogP contribution is -2.33. The largest absolute Gasteiger partial charge is 0.497 e. The summed E-state index contributed by atoms with van der Waals surface area (Å²) in [6, 6.07) is 11.0. The van der Waals surface area contributed by atoms with Crippen molar-refractivity contribution in [2.75, 3.05) is 14.2 Å². The third-order valence-electron chi connectivity index (χ3n) is 4.68. The zero-order valence-electron chi connectivity index (χ0n) is 15.7. The molecule has 2 aromatic carbocycles. The standard InChI is InChI=1S/C20H25NO4S/c1-14-5-10-20(15(2)11-14)26(22,23)21(17-6-7-17)13-16-12-18(24-3)8-9-19(16)25-4/h5,8-12,17H,6-7,13H2,1-4H3. The number of hydrogen-bond acceptors (Lipinski definition) is 4. The van der Waals surface area contributed by atoms with Gasteiger partial charge in [-0.25, -0.2) is 8.42 Å². The monoisotopic (exact) mass is 375 g/mol. The molecule has 140 valence electrons. The van der Waals surface area contributed by atoms with E-state index >= 15 is 0 Å². The van der Waals surface area contributed by atoms with Gasteiger partial charge in [0.05, 0.1) is 19.1 Å². The van der Waals surface area contributed by atoms with Crippen LogP contribution in [0.4, 0.5) is 0 Å². The predicted octanol–water partition coefficient (Wildman–Crippen LogP) is 3.67. The van der Waals surface area contributed by atoms with Crippen LogP contribution in [0.15, 0.2) is 41.3 Å². The Hall–Kier alpha value is -2.05. The summed E-state index contributed by atoms with van der Waals surface area (Å²) in [5, 5.41) is 0. The Kier molecular flexibility index (Phi) is 5.25. The molecule has 0 amide bonds. The number of aryl methyl sites for hydroxylation is 2. The van der Waals surface area contributed by atoms with Gasteiger partial charge in [-0.15, -0.1) is 0 Å². The van der Waals surface area contributed by atoms with E-state index in [-0.39, 0.29) is 12.6 Å². The number of benzene rings is 2. The number of ether oxygens (including phenoxy) is 2. The first kappa shape index (κ1) is 18.7. The van der Waals surface area contributed by atoms with Gasteiger partial charge < -0.3 is 9.47 Å². The Morgan fingerprint density at radius 3 is 2.35 bits per heavy atom. The Balaban J connectivity index is 2.00. The van der Waals surface area contributed by atoms with E-state index in [0.717, 1.165) is 29.5 Å². The molecular formula is C20H25NO4S. The molecule has 0 atom stereocenters. The zero-order valence-corrected chi connectivity index (χ0v) is 16.5. The second kappa shape index (κ2) is 7.29. The molecule has 0 aliphatic heterocycles. The maximum absolute atomic E-state index is 13.4. The molecule has 0 spiro atoms. The summed E-state index contributed by atoms with van der Waals surface area (Å²) in [4.78, 5) is 0.372. The van der Waals surface area contributed by atoms with Crippen molar-refractivity contribution in [1.82, 2.24) is 4.31 Å². The molecular weight excluding hydrogens is 350 g/mol. The highest BCUT2D eigenvalue weighted by molar-refractivity contribution is 7.89. The smallest absolute Gasteiger partial charge is 0.243 e. The second-order valence-electron chi connectivity index (χ2n) is 6.73. The zero-order chi connectivity index (χ0) is 18.9. The molecule has 1 saturated carbocycles. The van der Waals surface area contributed by atoms with Crippen LogP contribution in [-0.2, 0) is 16.6 Å². The van der Waals surface area contributed by atoms with Gasteiger partial charge in [0.15, 0.2) is 0 Å². The summed E-state index contributed by atoms with van der Waals surface area (Å²) in [5.74, 6) is 1.34. The van der Waals surface area contributed by atoms with E-state index in [4.69, 9.17) is 9.47 Å². The predicted molar refractivity (Wildman–Crippen MR) is 101 cm³/mol. The van der Waals surface area contributed by atoms with Crippen LogP contribution < -0.4 is 9.47 Å². The van der Waals surface area contributed by atoms with Crippen LogP contribution in [0.25, 0.3) is 0 Å². The molecule has 0 bridgehead atoms. The van der Waals surface area contributed by atoms with E-state index in [1.165, 1.54) is 0 Å². The van der Waals surface area contributed by atoms with Crippen molar-refractivity contribution in [2.45, 2.75) is 44.2 Å². The van der Waals surface area contributed by atoms with Gasteiger partial charge in [0.2, 0.25) is 10.0 Å². The number of nitrogens with zero attached hydrogens (tertiary/aromatic N) is 1. The van der Waals surface area contributed by atoms with Crippen molar-refractivity contribution < 1.29 is 17.9 Å². The van der Waals surface area contributed by atoms with Crippen LogP contribution in [-0.4, -0.2) is 33.0 Å². The lowest BCUT2D eigenvalue weighted by Gasteiger charge is -2.24. The van der Waals surface area contributed by atoms with Crippen LogP contribution in [0.1, 0.15) is 29.5 Å². The van der Waals surface area contributed by atoms with Gasteiger partial charge in [0.25, 0.3) is 0 Å². The molecule has 0 N–H and O–H groups in total. The summed E-state index contributed by atoms with van der Waals surface area (Å²) in [7, 11) is -0.408. The normalized spacial score (nSPS) is 14.5. The maximum atomic E-state index is 13.4. The molecule has 1 aliphatic rings. The van der Waals surface area contributed by atoms with Crippen molar-refractivity contribution in [3.05, 3.63) is 53.1 Å². The average Bonchev–Trinajstić information content (AvgIpc) is 3.43. The summed E-state index contributed by atoms with van der Waals surface area (Å²) >= 11 is 0. The Labute approximate surface area is 155 Å². The van der Waals surface area contributed by atoms with Crippen LogP contribution in [0.5, 0.6) is 11.5 Å². The van der Waals surface area contributed by atoms with Gasteiger partial charge in [-0.05, 0) is 56.5 Å². The van der Waals surface area contributed by atoms with E-state index in [0.29, 0.717) is 16.4 Å². The summed E-state index contributed by atoms with van der Waals surface area (Å²) in [6.45, 7) is 4.07. The Bertz CT molecular complexity index is 904. The van der Waals surface area contributed by atoms with E-state index in [2.05, 4.69) is 0 Å². The fourth-order valence-electron chi connectivity index (χ4n) is 3.16. The molecule has 1 fully saturated rings. The van der Waals surface area contributed by atoms with Crippen LogP contribution in [0.2, 0.25) is 0 Å². The average molecular weight is 375 g/mol. The van der Waals surface area contributed by atoms with Crippen molar-refractivity contribution >= 4 is 10.0 Å². The molecule has 3 rings (SSSR count). The minimum absolute atomic E-state index is 0.0385. The molecule has 2 aromatic rings. The quantitative estimate of drug-likeness (QED) is 0.741. The van der Waals surface area contributed by atoms with Crippen LogP contribution >= 0.6 is 0 Å². The molecule has 26 heavy (non-hydrogen) atoms. The minimum atomic E-state index is -3.59. The van der Waals surface area contributed by atoms with Crippen molar-refractivity contribution in [3.8, 4) is 11.5 Å². The Morgan fingerprint density at radius 2 is 1.77 bits per heavy atom. The number of sulfonamides is 1. The highest BCUT2D eigenvalue weighted by atomic mass is 32.2. The van der Waals surface area contributed by atoms with Gasteiger partial charge in [0, 0.05) is 18.2 Å². The van der Waals surface area contributed by atoms with E-state index in [1.807, 2.05) is 44.2 Å². The SMILES string of the molecule is COc1ccc(OC)c(CN(C2CC2)S(=O)(=O)c2ccc(C)cc2C)c1. The van der Waals surface area contributed by atoms with Crippen LogP contribution in [0, 0.1) is 13.8 Å². The van der Waals surface area contributed by atoms with Crippen molar-refractivity contribution in [1.29, 1.82) is 0 Å². The van der Waals surface area contributed by atoms with E-state index in [9.17, 15) is 8.42 Å². The molecule has 0 aromatic heterocycles. The highest BCUT2D eigenvalue weighted by Crippen LogP contribution is 2.36. The van der Waals surface area contributed by atoms with Crippen molar-refractivity contribution in [2.24, 2.45) is 0 Å². The fraction of sp³-hybridized carbons (Fsp3) is 0.400. The molecule has 6 heteroatoms. The lowest BCUT2D eigenvalue weighted by atomic mass is 10.2. The fourth-order valence-corrected chi connectivity index (χ4v) is 5.03. The van der Waals surface area contributed by atoms with Gasteiger partial charge in [-0.2, -0.15) is 4.31 Å². The molecule has 0 heterocycles. The first-order chi connectivity index (χ1) is 12.4. The second-order valence-corrected chi connectivity index (χ2v) is 8.59. The summed E-state index contributed by atoms with van der Waals surface area (Å²) in [6.07, 6.45) is 1.77. The molecule has 5 nitrogen and oxygen atoms in total. The Morgan fingerprint density at radius 1 is 1.04 bits per heavy atom. The molecule has 1 aliphatic carbocycles. The third-order valence-corrected chi connectivity index (χ3v) is 6.74. The van der Waals surface area contributed by atoms with Crippen molar-refractivity contribution in [3.63, 3.8) is 0 Å². The molecule has 0 saturated heterocycles. The number of rotatable bonds is 7. The first-order valence-electron chi connectivity index (χ1n) is 8.67. The first-order valence-corrected chi connectivity index (χ1v) is 10.1. The summed E-state index contributed by atoms with van der Waals surface area (Å²) < 4.78 is 39.0. The highest BCUT2D eigenvalue weighted by Gasteiger charge is 2.39. The van der Waals surface area contributed by atoms with Gasteiger partial charge in [-0.3, -0.25) is 0 Å². The van der Waals surface area contributed by atoms with E-state index in [1.54, 1.807) is 24.6 Å². The van der Waals surface area contributed by atoms with Crippen LogP contribution in [0.3, 0.4) is 0 Å². The van der Waals surface area contributed by atoms with Gasteiger partial charge in [-0.1, -0.05) is 17.7 Å². The van der Waals surface area contributed by atoms with Gasteiger partial charge in [0.1, 0.15) is 11.5 Å². The number of hydrogen-bond donors (Lipinski definition) is 0. The topological polar surface area (TPSA) is 55.8 Å². The molecule has 0 radical (unpaired) electrons. The van der Waals surface area contributed by atoms with Gasteiger partial charge >= 0.3 is 0 Å². The van der Waals surface area contributed by atoms with E-state index < -0.39 is 10.0 Å². The third kappa shape index (κ3) is 3.71. The minimum Gasteiger partial charge on any atom is -0.497 e. The summed E-state index contributed by atoms with van der Waals surface area (Å²) in [5.41, 5.74) is 2.62. The maximum Gasteiger partial charge on any atom is 0.243 e.